The van der Waals surface area contributed by atoms with Gasteiger partial charge in [-0.25, -0.2) is 0 Å². The van der Waals surface area contributed by atoms with E-state index in [4.69, 9.17) is 11.6 Å². The SMILES string of the molecule is O=Cc1ccc(OCC(F)(F)C(F)(F)F)cc1Cl. The van der Waals surface area contributed by atoms with Crippen LogP contribution in [0.2, 0.25) is 5.02 Å². The van der Waals surface area contributed by atoms with E-state index in [0.717, 1.165) is 18.2 Å². The zero-order chi connectivity index (χ0) is 14.0. The lowest BCUT2D eigenvalue weighted by Crippen LogP contribution is -2.41. The summed E-state index contributed by atoms with van der Waals surface area (Å²) in [4.78, 5) is 10.4. The average Bonchev–Trinajstić information content (AvgIpc) is 2.25. The van der Waals surface area contributed by atoms with Crippen LogP contribution in [0.4, 0.5) is 22.0 Å². The first-order valence-corrected chi connectivity index (χ1v) is 4.87. The molecule has 1 aromatic rings. The fourth-order valence-corrected chi connectivity index (χ4v) is 1.16. The number of halogens is 6. The van der Waals surface area contributed by atoms with Crippen LogP contribution in [-0.2, 0) is 0 Å². The van der Waals surface area contributed by atoms with Gasteiger partial charge in [0.2, 0.25) is 0 Å². The van der Waals surface area contributed by atoms with E-state index in [2.05, 4.69) is 4.74 Å². The minimum Gasteiger partial charge on any atom is -0.487 e. The quantitative estimate of drug-likeness (QED) is 0.623. The molecule has 1 rings (SSSR count). The number of carbonyl (C=O) groups excluding carboxylic acids is 1. The largest absolute Gasteiger partial charge is 0.487 e. The summed E-state index contributed by atoms with van der Waals surface area (Å²) in [6.07, 6.45) is -5.27. The summed E-state index contributed by atoms with van der Waals surface area (Å²) in [6, 6.07) is 3.20. The maximum atomic E-state index is 12.5. The number of aldehydes is 1. The number of carbonyl (C=O) groups is 1. The Hall–Kier alpha value is -1.37. The summed E-state index contributed by atoms with van der Waals surface area (Å²) in [5.74, 6) is -5.24. The minimum atomic E-state index is -5.68. The molecule has 0 aliphatic rings. The Morgan fingerprint density at radius 1 is 1.22 bits per heavy atom. The molecule has 0 aliphatic heterocycles. The third-order valence-electron chi connectivity index (χ3n) is 1.93. The van der Waals surface area contributed by atoms with E-state index >= 15 is 0 Å². The van der Waals surface area contributed by atoms with E-state index < -0.39 is 18.7 Å². The predicted octanol–water partition coefficient (Wildman–Crippen LogP) is 3.73. The molecule has 0 unspecified atom stereocenters. The Labute approximate surface area is 103 Å². The molecule has 0 aromatic heterocycles. The van der Waals surface area contributed by atoms with Gasteiger partial charge in [-0.2, -0.15) is 22.0 Å². The second kappa shape index (κ2) is 5.09. The second-order valence-electron chi connectivity index (χ2n) is 3.29. The zero-order valence-electron chi connectivity index (χ0n) is 8.60. The molecule has 18 heavy (non-hydrogen) atoms. The van der Waals surface area contributed by atoms with Crippen LogP contribution in [0.1, 0.15) is 10.4 Å². The van der Waals surface area contributed by atoms with E-state index in [1.807, 2.05) is 0 Å². The lowest BCUT2D eigenvalue weighted by molar-refractivity contribution is -0.290. The van der Waals surface area contributed by atoms with Gasteiger partial charge in [0, 0.05) is 5.56 Å². The Morgan fingerprint density at radius 3 is 2.28 bits per heavy atom. The number of hydrogen-bond acceptors (Lipinski definition) is 2. The highest BCUT2D eigenvalue weighted by Crippen LogP contribution is 2.36. The predicted molar refractivity (Wildman–Crippen MR) is 53.3 cm³/mol. The standard InChI is InChI=1S/C10H6ClF5O2/c11-8-3-7(2-1-6(8)4-17)18-5-9(12,13)10(14,15)16/h1-4H,5H2. The normalized spacial score (nSPS) is 12.3. The fraction of sp³-hybridized carbons (Fsp3) is 0.300. The van der Waals surface area contributed by atoms with Crippen LogP contribution in [0.3, 0.4) is 0 Å². The Bertz CT molecular complexity index is 444. The van der Waals surface area contributed by atoms with Gasteiger partial charge in [0.15, 0.2) is 12.9 Å². The molecule has 0 bridgehead atoms. The van der Waals surface area contributed by atoms with Crippen molar-refractivity contribution in [3.05, 3.63) is 28.8 Å². The topological polar surface area (TPSA) is 26.3 Å². The molecule has 0 aliphatic carbocycles. The lowest BCUT2D eigenvalue weighted by atomic mass is 10.2. The Balaban J connectivity index is 2.76. The van der Waals surface area contributed by atoms with Gasteiger partial charge in [-0.15, -0.1) is 0 Å². The molecule has 1 aromatic carbocycles. The number of hydrogen-bond donors (Lipinski definition) is 0. The maximum Gasteiger partial charge on any atom is 0.456 e. The first kappa shape index (κ1) is 14.7. The molecule has 2 nitrogen and oxygen atoms in total. The highest BCUT2D eigenvalue weighted by molar-refractivity contribution is 6.33. The van der Waals surface area contributed by atoms with E-state index in [1.165, 1.54) is 0 Å². The zero-order valence-corrected chi connectivity index (χ0v) is 9.36. The van der Waals surface area contributed by atoms with Crippen molar-refractivity contribution < 1.29 is 31.5 Å². The van der Waals surface area contributed by atoms with Gasteiger partial charge in [0.25, 0.3) is 0 Å². The van der Waals surface area contributed by atoms with E-state index in [0.29, 0.717) is 6.29 Å². The molecular weight excluding hydrogens is 283 g/mol. The van der Waals surface area contributed by atoms with Crippen LogP contribution in [0.15, 0.2) is 18.2 Å². The van der Waals surface area contributed by atoms with Crippen LogP contribution in [0.25, 0.3) is 0 Å². The first-order chi connectivity index (χ1) is 8.17. The fourth-order valence-electron chi connectivity index (χ4n) is 0.949. The lowest BCUT2D eigenvalue weighted by Gasteiger charge is -2.19. The Morgan fingerprint density at radius 2 is 1.83 bits per heavy atom. The number of rotatable bonds is 4. The molecule has 100 valence electrons. The van der Waals surface area contributed by atoms with Crippen molar-refractivity contribution in [3.63, 3.8) is 0 Å². The van der Waals surface area contributed by atoms with Gasteiger partial charge in [-0.1, -0.05) is 11.6 Å². The molecule has 0 heterocycles. The number of alkyl halides is 5. The third-order valence-corrected chi connectivity index (χ3v) is 2.26. The summed E-state index contributed by atoms with van der Waals surface area (Å²) in [7, 11) is 0. The molecule has 0 saturated heterocycles. The van der Waals surface area contributed by atoms with Gasteiger partial charge in [0.1, 0.15) is 5.75 Å². The van der Waals surface area contributed by atoms with E-state index in [1.54, 1.807) is 0 Å². The molecule has 0 spiro atoms. The van der Waals surface area contributed by atoms with Crippen LogP contribution in [0, 0.1) is 0 Å². The van der Waals surface area contributed by atoms with Crippen LogP contribution >= 0.6 is 11.6 Å². The van der Waals surface area contributed by atoms with Crippen LogP contribution in [-0.4, -0.2) is 25.0 Å². The minimum absolute atomic E-state index is 0.0756. The van der Waals surface area contributed by atoms with Crippen molar-refractivity contribution in [2.24, 2.45) is 0 Å². The summed E-state index contributed by atoms with van der Waals surface area (Å²) in [5, 5.41) is -0.0992. The third kappa shape index (κ3) is 3.32. The number of benzene rings is 1. The van der Waals surface area contributed by atoms with Crippen molar-refractivity contribution in [2.45, 2.75) is 12.1 Å². The van der Waals surface area contributed by atoms with Crippen molar-refractivity contribution in [1.29, 1.82) is 0 Å². The van der Waals surface area contributed by atoms with Crippen molar-refractivity contribution >= 4 is 17.9 Å². The molecule has 0 saturated carbocycles. The van der Waals surface area contributed by atoms with Gasteiger partial charge in [0.05, 0.1) is 5.02 Å². The molecular formula is C10H6ClF5O2. The van der Waals surface area contributed by atoms with Gasteiger partial charge in [-0.05, 0) is 18.2 Å². The highest BCUT2D eigenvalue weighted by Gasteiger charge is 2.58. The molecule has 0 atom stereocenters. The Kier molecular flexibility index (Phi) is 4.16. The average molecular weight is 289 g/mol. The monoisotopic (exact) mass is 288 g/mol. The van der Waals surface area contributed by atoms with Crippen molar-refractivity contribution in [1.82, 2.24) is 0 Å². The summed E-state index contributed by atoms with van der Waals surface area (Å²) in [6.45, 7) is -1.85. The summed E-state index contributed by atoms with van der Waals surface area (Å²) >= 11 is 5.55. The van der Waals surface area contributed by atoms with Gasteiger partial charge >= 0.3 is 12.1 Å². The summed E-state index contributed by atoms with van der Waals surface area (Å²) in [5.41, 5.74) is 0.0756. The van der Waals surface area contributed by atoms with Crippen molar-refractivity contribution in [3.8, 4) is 5.75 Å². The molecule has 0 amide bonds. The van der Waals surface area contributed by atoms with E-state index in [-0.39, 0.29) is 16.3 Å². The van der Waals surface area contributed by atoms with Gasteiger partial charge < -0.3 is 4.74 Å². The molecule has 0 N–H and O–H groups in total. The highest BCUT2D eigenvalue weighted by atomic mass is 35.5. The van der Waals surface area contributed by atoms with Crippen LogP contribution < -0.4 is 4.74 Å². The first-order valence-electron chi connectivity index (χ1n) is 4.49. The molecule has 0 fully saturated rings. The van der Waals surface area contributed by atoms with Gasteiger partial charge in [-0.3, -0.25) is 4.79 Å². The summed E-state index contributed by atoms with van der Waals surface area (Å²) < 4.78 is 64.8. The van der Waals surface area contributed by atoms with Crippen molar-refractivity contribution in [2.75, 3.05) is 6.61 Å². The molecule has 0 radical (unpaired) electrons. The van der Waals surface area contributed by atoms with Crippen LogP contribution in [0.5, 0.6) is 5.75 Å². The second-order valence-corrected chi connectivity index (χ2v) is 3.70. The smallest absolute Gasteiger partial charge is 0.456 e. The molecule has 8 heteroatoms. The number of ether oxygens (including phenoxy) is 1. The van der Waals surface area contributed by atoms with E-state index in [9.17, 15) is 26.7 Å². The maximum absolute atomic E-state index is 12.5.